The fourth-order valence-electron chi connectivity index (χ4n) is 2.02. The highest BCUT2D eigenvalue weighted by atomic mass is 16.5. The molecule has 0 saturated carbocycles. The average molecular weight is 278 g/mol. The number of ether oxygens (including phenoxy) is 1. The summed E-state index contributed by atoms with van der Waals surface area (Å²) in [6.45, 7) is 8.88. The van der Waals surface area contributed by atoms with Gasteiger partial charge in [-0.25, -0.2) is 0 Å². The van der Waals surface area contributed by atoms with E-state index in [2.05, 4.69) is 50.2 Å². The third kappa shape index (κ3) is 6.40. The summed E-state index contributed by atoms with van der Waals surface area (Å²) in [5.41, 5.74) is 1.37. The Morgan fingerprint density at radius 2 is 1.80 bits per heavy atom. The lowest BCUT2D eigenvalue weighted by Gasteiger charge is -2.22. The van der Waals surface area contributed by atoms with Crippen molar-refractivity contribution in [3.8, 4) is 5.75 Å². The van der Waals surface area contributed by atoms with Crippen molar-refractivity contribution in [1.29, 1.82) is 0 Å². The van der Waals surface area contributed by atoms with Crippen LogP contribution >= 0.6 is 0 Å². The van der Waals surface area contributed by atoms with Crippen molar-refractivity contribution in [1.82, 2.24) is 10.2 Å². The number of nitrogens with zero attached hydrogens (tertiary/aromatic N) is 1. The molecule has 3 nitrogen and oxygen atoms in total. The summed E-state index contributed by atoms with van der Waals surface area (Å²) in [6.07, 6.45) is 2.27. The first-order valence-corrected chi connectivity index (χ1v) is 7.59. The van der Waals surface area contributed by atoms with Gasteiger partial charge in [0.15, 0.2) is 0 Å². The van der Waals surface area contributed by atoms with Crippen molar-refractivity contribution >= 4 is 0 Å². The van der Waals surface area contributed by atoms with Crippen molar-refractivity contribution < 1.29 is 4.74 Å². The van der Waals surface area contributed by atoms with Crippen LogP contribution in [0.3, 0.4) is 0 Å². The summed E-state index contributed by atoms with van der Waals surface area (Å²) in [6, 6.07) is 9.54. The van der Waals surface area contributed by atoms with Gasteiger partial charge < -0.3 is 15.0 Å². The van der Waals surface area contributed by atoms with E-state index in [4.69, 9.17) is 4.74 Å². The minimum atomic E-state index is 0.553. The van der Waals surface area contributed by atoms with Crippen LogP contribution < -0.4 is 10.1 Å². The Morgan fingerprint density at radius 3 is 2.35 bits per heavy atom. The molecule has 0 fully saturated rings. The Bertz CT molecular complexity index is 362. The van der Waals surface area contributed by atoms with Gasteiger partial charge in [0, 0.05) is 25.2 Å². The van der Waals surface area contributed by atoms with E-state index in [0.29, 0.717) is 12.1 Å². The quantitative estimate of drug-likeness (QED) is 0.751. The van der Waals surface area contributed by atoms with Gasteiger partial charge in [-0.1, -0.05) is 12.1 Å². The molecular formula is C17H30N2O. The minimum Gasteiger partial charge on any atom is -0.497 e. The number of likely N-dealkylation sites (N-methyl/N-ethyl adjacent to an activating group) is 1. The molecule has 1 aromatic rings. The van der Waals surface area contributed by atoms with Crippen LogP contribution in [0.15, 0.2) is 24.3 Å². The van der Waals surface area contributed by atoms with Gasteiger partial charge in [0.25, 0.3) is 0 Å². The van der Waals surface area contributed by atoms with Gasteiger partial charge in [-0.3, -0.25) is 0 Å². The third-order valence-corrected chi connectivity index (χ3v) is 3.86. The van der Waals surface area contributed by atoms with Crippen LogP contribution in [0.4, 0.5) is 0 Å². The Hall–Kier alpha value is -1.06. The molecule has 1 rings (SSSR count). The molecule has 0 heterocycles. The monoisotopic (exact) mass is 278 g/mol. The van der Waals surface area contributed by atoms with E-state index < -0.39 is 0 Å². The molecule has 1 aromatic carbocycles. The second-order valence-corrected chi connectivity index (χ2v) is 5.82. The lowest BCUT2D eigenvalue weighted by atomic mass is 10.1. The molecule has 3 heteroatoms. The summed E-state index contributed by atoms with van der Waals surface area (Å²) in [4.78, 5) is 2.36. The van der Waals surface area contributed by atoms with Crippen LogP contribution in [0.2, 0.25) is 0 Å². The molecule has 0 aliphatic carbocycles. The smallest absolute Gasteiger partial charge is 0.118 e. The zero-order valence-corrected chi connectivity index (χ0v) is 13.6. The van der Waals surface area contributed by atoms with Crippen molar-refractivity contribution in [2.75, 3.05) is 27.2 Å². The van der Waals surface area contributed by atoms with Gasteiger partial charge in [-0.15, -0.1) is 0 Å². The lowest BCUT2D eigenvalue weighted by molar-refractivity contribution is 0.269. The number of nitrogens with one attached hydrogen (secondary N) is 1. The van der Waals surface area contributed by atoms with E-state index in [1.54, 1.807) is 7.11 Å². The summed E-state index contributed by atoms with van der Waals surface area (Å²) >= 11 is 0. The van der Waals surface area contributed by atoms with Crippen LogP contribution in [0.1, 0.15) is 32.8 Å². The van der Waals surface area contributed by atoms with E-state index in [1.807, 2.05) is 12.1 Å². The van der Waals surface area contributed by atoms with Gasteiger partial charge in [0.2, 0.25) is 0 Å². The fraction of sp³-hybridized carbons (Fsp3) is 0.647. The first-order valence-electron chi connectivity index (χ1n) is 7.59. The van der Waals surface area contributed by atoms with Crippen molar-refractivity contribution in [3.05, 3.63) is 29.8 Å². The molecule has 1 N–H and O–H groups in total. The Labute approximate surface area is 124 Å². The summed E-state index contributed by atoms with van der Waals surface area (Å²) < 4.78 is 5.17. The zero-order valence-electron chi connectivity index (χ0n) is 13.6. The van der Waals surface area contributed by atoms with Crippen LogP contribution in [-0.2, 0) is 6.42 Å². The van der Waals surface area contributed by atoms with Gasteiger partial charge in [0.1, 0.15) is 5.75 Å². The van der Waals surface area contributed by atoms with Crippen LogP contribution in [0.5, 0.6) is 5.75 Å². The predicted octanol–water partition coefficient (Wildman–Crippen LogP) is 2.95. The van der Waals surface area contributed by atoms with E-state index >= 15 is 0 Å². The molecule has 0 aliphatic heterocycles. The Kier molecular flexibility index (Phi) is 7.63. The highest BCUT2D eigenvalue weighted by Gasteiger charge is 2.05. The standard InChI is InChI=1S/C17H30N2O/c1-14(2)19(4)13-12-18-15(3)6-7-16-8-10-17(20-5)11-9-16/h8-11,14-15,18H,6-7,12-13H2,1-5H3. The lowest BCUT2D eigenvalue weighted by Crippen LogP contribution is -2.37. The van der Waals surface area contributed by atoms with Crippen LogP contribution in [-0.4, -0.2) is 44.2 Å². The molecule has 0 saturated heterocycles. The number of rotatable bonds is 9. The summed E-state index contributed by atoms with van der Waals surface area (Å²) in [5, 5.41) is 3.59. The maximum atomic E-state index is 5.17. The molecule has 0 bridgehead atoms. The van der Waals surface area contributed by atoms with Crippen molar-refractivity contribution in [2.45, 2.75) is 45.7 Å². The van der Waals surface area contributed by atoms with Gasteiger partial charge >= 0.3 is 0 Å². The predicted molar refractivity (Wildman–Crippen MR) is 86.5 cm³/mol. The maximum absolute atomic E-state index is 5.17. The van der Waals surface area contributed by atoms with E-state index in [0.717, 1.165) is 31.7 Å². The largest absolute Gasteiger partial charge is 0.497 e. The fourth-order valence-corrected chi connectivity index (χ4v) is 2.02. The summed E-state index contributed by atoms with van der Waals surface area (Å²) in [7, 11) is 3.88. The van der Waals surface area contributed by atoms with Crippen LogP contribution in [0.25, 0.3) is 0 Å². The molecule has 0 spiro atoms. The average Bonchev–Trinajstić information content (AvgIpc) is 2.45. The van der Waals surface area contributed by atoms with E-state index in [-0.39, 0.29) is 0 Å². The normalized spacial score (nSPS) is 12.9. The molecular weight excluding hydrogens is 248 g/mol. The van der Waals surface area contributed by atoms with E-state index in [1.165, 1.54) is 5.56 Å². The molecule has 1 unspecified atom stereocenters. The molecule has 0 aliphatic rings. The van der Waals surface area contributed by atoms with E-state index in [9.17, 15) is 0 Å². The topological polar surface area (TPSA) is 24.5 Å². The highest BCUT2D eigenvalue weighted by molar-refractivity contribution is 5.27. The number of hydrogen-bond donors (Lipinski definition) is 1. The second-order valence-electron chi connectivity index (χ2n) is 5.82. The second kappa shape index (κ2) is 8.98. The SMILES string of the molecule is COc1ccc(CCC(C)NCCN(C)C(C)C)cc1. The third-order valence-electron chi connectivity index (χ3n) is 3.86. The Balaban J connectivity index is 2.20. The molecule has 0 amide bonds. The highest BCUT2D eigenvalue weighted by Crippen LogP contribution is 2.13. The molecule has 1 atom stereocenters. The molecule has 114 valence electrons. The van der Waals surface area contributed by atoms with Crippen molar-refractivity contribution in [2.24, 2.45) is 0 Å². The molecule has 0 radical (unpaired) electrons. The van der Waals surface area contributed by atoms with Gasteiger partial charge in [0.05, 0.1) is 7.11 Å². The first kappa shape index (κ1) is 17.0. The number of aryl methyl sites for hydroxylation is 1. The Morgan fingerprint density at radius 1 is 1.15 bits per heavy atom. The van der Waals surface area contributed by atoms with Gasteiger partial charge in [-0.2, -0.15) is 0 Å². The number of benzene rings is 1. The zero-order chi connectivity index (χ0) is 15.0. The number of hydrogen-bond acceptors (Lipinski definition) is 3. The van der Waals surface area contributed by atoms with Crippen molar-refractivity contribution in [3.63, 3.8) is 0 Å². The minimum absolute atomic E-state index is 0.553. The van der Waals surface area contributed by atoms with Crippen LogP contribution in [0, 0.1) is 0 Å². The molecule has 0 aromatic heterocycles. The number of methoxy groups -OCH3 is 1. The summed E-state index contributed by atoms with van der Waals surface area (Å²) in [5.74, 6) is 0.927. The van der Waals surface area contributed by atoms with Gasteiger partial charge in [-0.05, 0) is 58.4 Å². The molecule has 20 heavy (non-hydrogen) atoms. The first-order chi connectivity index (χ1) is 9.52. The maximum Gasteiger partial charge on any atom is 0.118 e.